The minimum absolute atomic E-state index is 0.283. The van der Waals surface area contributed by atoms with Crippen molar-refractivity contribution in [3.63, 3.8) is 0 Å². The van der Waals surface area contributed by atoms with Crippen molar-refractivity contribution in [2.45, 2.75) is 38.1 Å². The molecular formula is C15H20ClN5OS. The summed E-state index contributed by atoms with van der Waals surface area (Å²) in [6, 6.07) is 5.11. The zero-order valence-electron chi connectivity index (χ0n) is 12.6. The number of thiocarbonyl (C=S) groups is 1. The van der Waals surface area contributed by atoms with Crippen LogP contribution in [-0.2, 0) is 0 Å². The number of benzene rings is 1. The van der Waals surface area contributed by atoms with E-state index in [4.69, 9.17) is 35.3 Å². The SMILES string of the molecule is NC(N)=NC(=O)c1ccc(Cl)c(NC(=S)NC2CCCCC2)c1. The summed E-state index contributed by atoms with van der Waals surface area (Å²) >= 11 is 11.5. The summed E-state index contributed by atoms with van der Waals surface area (Å²) in [5.41, 5.74) is 11.3. The molecule has 0 aliphatic heterocycles. The Morgan fingerprint density at radius 2 is 1.96 bits per heavy atom. The molecule has 0 bridgehead atoms. The van der Waals surface area contributed by atoms with Crippen molar-refractivity contribution >= 4 is 46.5 Å². The third kappa shape index (κ3) is 5.37. The van der Waals surface area contributed by atoms with E-state index >= 15 is 0 Å². The molecule has 1 aliphatic carbocycles. The Balaban J connectivity index is 2.05. The minimum atomic E-state index is -0.532. The van der Waals surface area contributed by atoms with Gasteiger partial charge in [0.1, 0.15) is 0 Å². The first-order valence-corrected chi connectivity index (χ1v) is 8.25. The molecule has 0 radical (unpaired) electrons. The molecule has 1 aromatic rings. The predicted octanol–water partition coefficient (Wildman–Crippen LogP) is 2.37. The number of anilines is 1. The number of rotatable bonds is 3. The van der Waals surface area contributed by atoms with Crippen molar-refractivity contribution in [3.8, 4) is 0 Å². The summed E-state index contributed by atoms with van der Waals surface area (Å²) < 4.78 is 0. The zero-order chi connectivity index (χ0) is 16.8. The molecule has 6 N–H and O–H groups in total. The molecule has 1 aliphatic rings. The standard InChI is InChI=1S/C15H20ClN5OS/c16-11-7-6-9(13(22)21-14(17)18)8-12(11)20-15(23)19-10-4-2-1-3-5-10/h6-8,10H,1-5H2,(H2,19,20,23)(H4,17,18,21,22). The summed E-state index contributed by atoms with van der Waals surface area (Å²) in [7, 11) is 0. The van der Waals surface area contributed by atoms with Crippen molar-refractivity contribution in [1.82, 2.24) is 5.32 Å². The van der Waals surface area contributed by atoms with E-state index in [9.17, 15) is 4.79 Å². The molecule has 1 fully saturated rings. The number of carbonyl (C=O) groups excluding carboxylic acids is 1. The molecule has 0 aromatic heterocycles. The third-order valence-electron chi connectivity index (χ3n) is 3.63. The molecule has 1 amide bonds. The van der Waals surface area contributed by atoms with Crippen LogP contribution in [0.1, 0.15) is 42.5 Å². The Bertz CT molecular complexity index is 624. The summed E-state index contributed by atoms with van der Waals surface area (Å²) in [5, 5.41) is 7.26. The summed E-state index contributed by atoms with van der Waals surface area (Å²) in [5.74, 6) is -0.815. The van der Waals surface area contributed by atoms with Gasteiger partial charge in [0.25, 0.3) is 5.91 Å². The predicted molar refractivity (Wildman–Crippen MR) is 97.8 cm³/mol. The van der Waals surface area contributed by atoms with Crippen LogP contribution in [0, 0.1) is 0 Å². The number of hydrogen-bond donors (Lipinski definition) is 4. The largest absolute Gasteiger partial charge is 0.370 e. The van der Waals surface area contributed by atoms with Crippen LogP contribution in [0.25, 0.3) is 0 Å². The second-order valence-electron chi connectivity index (χ2n) is 5.47. The average Bonchev–Trinajstić information content (AvgIpc) is 2.49. The van der Waals surface area contributed by atoms with E-state index in [1.165, 1.54) is 19.3 Å². The van der Waals surface area contributed by atoms with E-state index in [-0.39, 0.29) is 5.96 Å². The molecule has 0 spiro atoms. The maximum Gasteiger partial charge on any atom is 0.280 e. The fraction of sp³-hybridized carbons (Fsp3) is 0.400. The molecule has 124 valence electrons. The van der Waals surface area contributed by atoms with Gasteiger partial charge in [-0.05, 0) is 43.3 Å². The lowest BCUT2D eigenvalue weighted by Gasteiger charge is -2.24. The van der Waals surface area contributed by atoms with Crippen molar-refractivity contribution in [3.05, 3.63) is 28.8 Å². The first kappa shape index (κ1) is 17.5. The highest BCUT2D eigenvalue weighted by Gasteiger charge is 2.15. The summed E-state index contributed by atoms with van der Waals surface area (Å²) in [6.45, 7) is 0. The Morgan fingerprint density at radius 1 is 1.26 bits per heavy atom. The van der Waals surface area contributed by atoms with E-state index in [2.05, 4.69) is 15.6 Å². The summed E-state index contributed by atoms with van der Waals surface area (Å²) in [6.07, 6.45) is 5.92. The number of nitrogens with zero attached hydrogens (tertiary/aromatic N) is 1. The van der Waals surface area contributed by atoms with Gasteiger partial charge in [0.05, 0.1) is 10.7 Å². The third-order valence-corrected chi connectivity index (χ3v) is 4.18. The minimum Gasteiger partial charge on any atom is -0.370 e. The van der Waals surface area contributed by atoms with Crippen molar-refractivity contribution in [2.75, 3.05) is 5.32 Å². The van der Waals surface area contributed by atoms with Gasteiger partial charge in [-0.2, -0.15) is 4.99 Å². The number of halogens is 1. The van der Waals surface area contributed by atoms with Crippen LogP contribution < -0.4 is 22.1 Å². The van der Waals surface area contributed by atoms with Crippen LogP contribution >= 0.6 is 23.8 Å². The fourth-order valence-electron chi connectivity index (χ4n) is 2.53. The molecule has 0 atom stereocenters. The number of guanidine groups is 1. The lowest BCUT2D eigenvalue weighted by molar-refractivity contribution is 0.100. The smallest absolute Gasteiger partial charge is 0.280 e. The fourth-order valence-corrected chi connectivity index (χ4v) is 2.97. The Morgan fingerprint density at radius 3 is 2.61 bits per heavy atom. The molecule has 23 heavy (non-hydrogen) atoms. The number of nitrogens with one attached hydrogen (secondary N) is 2. The molecule has 1 saturated carbocycles. The lowest BCUT2D eigenvalue weighted by Crippen LogP contribution is -2.38. The molecule has 8 heteroatoms. The molecule has 1 aromatic carbocycles. The van der Waals surface area contributed by atoms with E-state index in [0.717, 1.165) is 12.8 Å². The van der Waals surface area contributed by atoms with E-state index in [1.54, 1.807) is 18.2 Å². The molecule has 0 unspecified atom stereocenters. The van der Waals surface area contributed by atoms with Crippen LogP contribution in [0.15, 0.2) is 23.2 Å². The lowest BCUT2D eigenvalue weighted by atomic mass is 9.96. The second kappa shape index (κ2) is 8.12. The highest BCUT2D eigenvalue weighted by Crippen LogP contribution is 2.24. The highest BCUT2D eigenvalue weighted by molar-refractivity contribution is 7.80. The first-order valence-electron chi connectivity index (χ1n) is 7.46. The van der Waals surface area contributed by atoms with Gasteiger partial charge in [-0.15, -0.1) is 0 Å². The van der Waals surface area contributed by atoms with Gasteiger partial charge in [-0.3, -0.25) is 4.79 Å². The Kier molecular flexibility index (Phi) is 6.18. The highest BCUT2D eigenvalue weighted by atomic mass is 35.5. The van der Waals surface area contributed by atoms with E-state index in [0.29, 0.717) is 27.4 Å². The zero-order valence-corrected chi connectivity index (χ0v) is 14.2. The van der Waals surface area contributed by atoms with Gasteiger partial charge < -0.3 is 22.1 Å². The molecular weight excluding hydrogens is 334 g/mol. The van der Waals surface area contributed by atoms with E-state index in [1.807, 2.05) is 0 Å². The van der Waals surface area contributed by atoms with Gasteiger partial charge in [-0.25, -0.2) is 0 Å². The molecule has 0 heterocycles. The number of aliphatic imine (C=N–C) groups is 1. The number of amides is 1. The number of carbonyl (C=O) groups is 1. The average molecular weight is 354 g/mol. The van der Waals surface area contributed by atoms with Crippen molar-refractivity contribution < 1.29 is 4.79 Å². The maximum atomic E-state index is 11.9. The number of nitrogens with two attached hydrogens (primary N) is 2. The van der Waals surface area contributed by atoms with E-state index < -0.39 is 5.91 Å². The van der Waals surface area contributed by atoms with Crippen molar-refractivity contribution in [2.24, 2.45) is 16.5 Å². The van der Waals surface area contributed by atoms with Gasteiger partial charge >= 0.3 is 0 Å². The van der Waals surface area contributed by atoms with Crippen LogP contribution in [0.2, 0.25) is 5.02 Å². The Hall–Kier alpha value is -1.86. The number of hydrogen-bond acceptors (Lipinski definition) is 2. The van der Waals surface area contributed by atoms with Crippen LogP contribution in [0.4, 0.5) is 5.69 Å². The normalized spacial score (nSPS) is 14.8. The van der Waals surface area contributed by atoms with Gasteiger partial charge in [0, 0.05) is 11.6 Å². The molecule has 0 saturated heterocycles. The monoisotopic (exact) mass is 353 g/mol. The van der Waals surface area contributed by atoms with Gasteiger partial charge in [0.15, 0.2) is 11.1 Å². The van der Waals surface area contributed by atoms with Crippen LogP contribution in [0.5, 0.6) is 0 Å². The quantitative estimate of drug-likeness (QED) is 0.377. The van der Waals surface area contributed by atoms with Gasteiger partial charge in [0.2, 0.25) is 0 Å². The first-order chi connectivity index (χ1) is 11.0. The maximum absolute atomic E-state index is 11.9. The summed E-state index contributed by atoms with van der Waals surface area (Å²) in [4.78, 5) is 15.4. The van der Waals surface area contributed by atoms with Crippen molar-refractivity contribution in [1.29, 1.82) is 0 Å². The van der Waals surface area contributed by atoms with Gasteiger partial charge in [-0.1, -0.05) is 30.9 Å². The van der Waals surface area contributed by atoms with Crippen LogP contribution in [0.3, 0.4) is 0 Å². The Labute approximate surface area is 145 Å². The molecule has 2 rings (SSSR count). The van der Waals surface area contributed by atoms with Crippen LogP contribution in [-0.4, -0.2) is 23.0 Å². The molecule has 6 nitrogen and oxygen atoms in total. The second-order valence-corrected chi connectivity index (χ2v) is 6.29. The topological polar surface area (TPSA) is 106 Å².